The Bertz CT molecular complexity index is 683. The molecule has 0 saturated carbocycles. The van der Waals surface area contributed by atoms with Gasteiger partial charge in [-0.1, -0.05) is 48.0 Å². The van der Waals surface area contributed by atoms with Gasteiger partial charge in [-0.2, -0.15) is 0 Å². The zero-order valence-corrected chi connectivity index (χ0v) is 12.8. The molecule has 0 saturated heterocycles. The average Bonchev–Trinajstić information content (AvgIpc) is 2.47. The highest BCUT2D eigenvalue weighted by molar-refractivity contribution is 7.86. The zero-order valence-electron chi connectivity index (χ0n) is 11.2. The lowest BCUT2D eigenvalue weighted by Crippen LogP contribution is -2.13. The highest BCUT2D eigenvalue weighted by Gasteiger charge is 2.32. The van der Waals surface area contributed by atoms with Crippen LogP contribution in [0.15, 0.2) is 48.5 Å². The summed E-state index contributed by atoms with van der Waals surface area (Å²) in [4.78, 5) is 12.6. The number of ether oxygens (including phenoxy) is 1. The van der Waals surface area contributed by atoms with Crippen LogP contribution in [0, 0.1) is 0 Å². The molecule has 0 radical (unpaired) electrons. The van der Waals surface area contributed by atoms with E-state index in [1.807, 2.05) is 6.07 Å². The highest BCUT2D eigenvalue weighted by Crippen LogP contribution is 2.47. The van der Waals surface area contributed by atoms with Crippen LogP contribution in [0.3, 0.4) is 0 Å². The molecular formula is C15H14ClO3P. The Morgan fingerprint density at radius 2 is 1.75 bits per heavy atom. The maximum absolute atomic E-state index is 12.9. The topological polar surface area (TPSA) is 43.4 Å². The molecule has 0 spiro atoms. The van der Waals surface area contributed by atoms with Crippen LogP contribution in [0.2, 0.25) is 5.02 Å². The Morgan fingerprint density at radius 3 is 2.35 bits per heavy atom. The molecule has 5 heteroatoms. The second kappa shape index (κ2) is 5.82. The summed E-state index contributed by atoms with van der Waals surface area (Å²) in [5, 5.41) is 0.749. The van der Waals surface area contributed by atoms with Gasteiger partial charge in [-0.15, -0.1) is 0 Å². The van der Waals surface area contributed by atoms with Crippen molar-refractivity contribution < 1.29 is 14.1 Å². The van der Waals surface area contributed by atoms with Crippen molar-refractivity contribution in [3.63, 3.8) is 0 Å². The maximum atomic E-state index is 12.9. The lowest BCUT2D eigenvalue weighted by molar-refractivity contribution is 0.107. The van der Waals surface area contributed by atoms with E-state index >= 15 is 0 Å². The minimum atomic E-state index is -3.23. The molecule has 2 rings (SSSR count). The predicted molar refractivity (Wildman–Crippen MR) is 81.9 cm³/mol. The Kier molecular flexibility index (Phi) is 4.32. The Labute approximate surface area is 122 Å². The van der Waals surface area contributed by atoms with Gasteiger partial charge in [0.15, 0.2) is 7.14 Å². The van der Waals surface area contributed by atoms with Gasteiger partial charge in [0.2, 0.25) is 5.52 Å². The van der Waals surface area contributed by atoms with Gasteiger partial charge in [0.25, 0.3) is 0 Å². The summed E-state index contributed by atoms with van der Waals surface area (Å²) in [6.45, 7) is 1.45. The lowest BCUT2D eigenvalue weighted by Gasteiger charge is -2.15. The van der Waals surface area contributed by atoms with E-state index in [0.29, 0.717) is 11.1 Å². The van der Waals surface area contributed by atoms with Crippen LogP contribution in [0.5, 0.6) is 5.75 Å². The van der Waals surface area contributed by atoms with Gasteiger partial charge in [0.05, 0.1) is 17.7 Å². The van der Waals surface area contributed by atoms with E-state index in [1.165, 1.54) is 13.8 Å². The smallest absolute Gasteiger partial charge is 0.230 e. The maximum Gasteiger partial charge on any atom is 0.230 e. The van der Waals surface area contributed by atoms with E-state index in [0.717, 1.165) is 0 Å². The number of rotatable bonds is 4. The van der Waals surface area contributed by atoms with Crippen LogP contribution in [-0.2, 0) is 4.57 Å². The first-order valence-corrected chi connectivity index (χ1v) is 8.52. The van der Waals surface area contributed by atoms with Gasteiger partial charge in [-0.25, -0.2) is 0 Å². The molecule has 2 aromatic carbocycles. The molecule has 0 fully saturated rings. The van der Waals surface area contributed by atoms with Crippen LogP contribution in [-0.4, -0.2) is 19.3 Å². The van der Waals surface area contributed by atoms with Crippen LogP contribution in [0.1, 0.15) is 10.4 Å². The predicted octanol–water partition coefficient (Wildman–Crippen LogP) is 3.81. The van der Waals surface area contributed by atoms with Gasteiger partial charge in [0, 0.05) is 12.0 Å². The van der Waals surface area contributed by atoms with E-state index in [2.05, 4.69) is 0 Å². The standard InChI is InChI=1S/C15H14ClO3P/c1-19-13-10-6-9-12(16)14(13)15(17)20(2,18)11-7-4-3-5-8-11/h3-10H,1-2H3. The number of hydrogen-bond acceptors (Lipinski definition) is 3. The van der Waals surface area contributed by atoms with Gasteiger partial charge >= 0.3 is 0 Å². The molecule has 3 nitrogen and oxygen atoms in total. The van der Waals surface area contributed by atoms with Crippen molar-refractivity contribution in [2.45, 2.75) is 0 Å². The third kappa shape index (κ3) is 2.65. The Balaban J connectivity index is 2.55. The molecule has 104 valence electrons. The summed E-state index contributed by atoms with van der Waals surface area (Å²) in [7, 11) is -1.78. The monoisotopic (exact) mass is 308 g/mol. The fraction of sp³-hybridized carbons (Fsp3) is 0.133. The number of methoxy groups -OCH3 is 1. The van der Waals surface area contributed by atoms with E-state index < -0.39 is 12.7 Å². The van der Waals surface area contributed by atoms with Crippen LogP contribution in [0.25, 0.3) is 0 Å². The number of carbonyl (C=O) groups excluding carboxylic acids is 1. The second-order valence-electron chi connectivity index (χ2n) is 4.38. The SMILES string of the molecule is COc1cccc(Cl)c1C(=O)P(C)(=O)c1ccccc1. The molecule has 20 heavy (non-hydrogen) atoms. The Hall–Kier alpha value is -1.57. The summed E-state index contributed by atoms with van der Waals surface area (Å²) in [6, 6.07) is 13.6. The minimum Gasteiger partial charge on any atom is -0.496 e. The molecular weight excluding hydrogens is 295 g/mol. The first-order chi connectivity index (χ1) is 9.48. The number of hydrogen-bond donors (Lipinski definition) is 0. The van der Waals surface area contributed by atoms with Gasteiger partial charge in [-0.05, 0) is 12.1 Å². The van der Waals surface area contributed by atoms with Crippen molar-refractivity contribution in [3.05, 3.63) is 59.1 Å². The first-order valence-electron chi connectivity index (χ1n) is 5.99. The zero-order chi connectivity index (χ0) is 14.8. The molecule has 1 unspecified atom stereocenters. The second-order valence-corrected chi connectivity index (χ2v) is 7.56. The number of halogens is 1. The molecule has 0 aliphatic heterocycles. The van der Waals surface area contributed by atoms with Gasteiger partial charge in [-0.3, -0.25) is 4.79 Å². The summed E-state index contributed by atoms with van der Waals surface area (Å²) < 4.78 is 18.0. The van der Waals surface area contributed by atoms with Crippen LogP contribution < -0.4 is 10.0 Å². The fourth-order valence-corrected chi connectivity index (χ4v) is 3.88. The number of carbonyl (C=O) groups is 1. The van der Waals surface area contributed by atoms with Crippen LogP contribution >= 0.6 is 18.7 Å². The normalized spacial score (nSPS) is 13.6. The van der Waals surface area contributed by atoms with Gasteiger partial charge < -0.3 is 9.30 Å². The van der Waals surface area contributed by atoms with Gasteiger partial charge in [0.1, 0.15) is 5.75 Å². The molecule has 0 bridgehead atoms. The highest BCUT2D eigenvalue weighted by atomic mass is 35.5. The molecule has 0 N–H and O–H groups in total. The molecule has 1 atom stereocenters. The Morgan fingerprint density at radius 1 is 1.10 bits per heavy atom. The summed E-state index contributed by atoms with van der Waals surface area (Å²) in [6.07, 6.45) is 0. The van der Waals surface area contributed by atoms with Crippen LogP contribution in [0.4, 0.5) is 0 Å². The molecule has 0 amide bonds. The van der Waals surface area contributed by atoms with E-state index in [4.69, 9.17) is 16.3 Å². The summed E-state index contributed by atoms with van der Waals surface area (Å²) in [5.74, 6) is 0.334. The summed E-state index contributed by atoms with van der Waals surface area (Å²) >= 11 is 6.07. The quantitative estimate of drug-likeness (QED) is 0.807. The van der Waals surface area contributed by atoms with Crippen molar-refractivity contribution in [3.8, 4) is 5.75 Å². The third-order valence-electron chi connectivity index (χ3n) is 3.05. The lowest BCUT2D eigenvalue weighted by atomic mass is 10.2. The van der Waals surface area contributed by atoms with Crippen molar-refractivity contribution in [2.75, 3.05) is 13.8 Å². The molecule has 0 aliphatic carbocycles. The number of benzene rings is 2. The van der Waals surface area contributed by atoms with Crippen molar-refractivity contribution in [2.24, 2.45) is 0 Å². The largest absolute Gasteiger partial charge is 0.496 e. The first kappa shape index (κ1) is 14.8. The van der Waals surface area contributed by atoms with E-state index in [1.54, 1.807) is 42.5 Å². The fourth-order valence-electron chi connectivity index (χ4n) is 1.93. The molecule has 2 aromatic rings. The molecule has 0 heterocycles. The minimum absolute atomic E-state index is 0.173. The summed E-state index contributed by atoms with van der Waals surface area (Å²) in [5.41, 5.74) is -0.322. The van der Waals surface area contributed by atoms with Crippen molar-refractivity contribution in [1.82, 2.24) is 0 Å². The molecule has 0 aliphatic rings. The van der Waals surface area contributed by atoms with Crippen molar-refractivity contribution >= 4 is 29.6 Å². The third-order valence-corrected chi connectivity index (χ3v) is 5.64. The van der Waals surface area contributed by atoms with E-state index in [-0.39, 0.29) is 10.6 Å². The molecule has 0 aromatic heterocycles. The van der Waals surface area contributed by atoms with E-state index in [9.17, 15) is 9.36 Å². The van der Waals surface area contributed by atoms with Crippen molar-refractivity contribution in [1.29, 1.82) is 0 Å². The average molecular weight is 309 g/mol.